The Morgan fingerprint density at radius 1 is 1.08 bits per heavy atom. The second kappa shape index (κ2) is 2.78. The van der Waals surface area contributed by atoms with Crippen molar-refractivity contribution in [1.82, 2.24) is 4.98 Å². The average molecular weight is 154 g/mol. The Labute approximate surface area is 71.4 Å². The summed E-state index contributed by atoms with van der Waals surface area (Å²) in [5.74, 6) is 0. The first-order chi connectivity index (χ1) is 5.90. The van der Waals surface area contributed by atoms with Gasteiger partial charge in [0, 0.05) is 5.39 Å². The summed E-state index contributed by atoms with van der Waals surface area (Å²) in [5, 5.41) is 1.14. The van der Waals surface area contributed by atoms with Crippen LogP contribution < -0.4 is 0 Å². The smallest absolute Gasteiger partial charge is 0.0709 e. The first kappa shape index (κ1) is 7.04. The zero-order valence-corrected chi connectivity index (χ0v) is 6.57. The largest absolute Gasteiger partial charge is 0.248 e. The molecule has 0 spiro atoms. The Bertz CT molecular complexity index is 418. The van der Waals surface area contributed by atoms with Gasteiger partial charge in [-0.25, -0.2) is 4.98 Å². The summed E-state index contributed by atoms with van der Waals surface area (Å²) in [6.45, 7) is 5.35. The number of pyridine rings is 1. The van der Waals surface area contributed by atoms with E-state index in [2.05, 4.69) is 4.98 Å². The van der Waals surface area contributed by atoms with Crippen molar-refractivity contribution in [2.75, 3.05) is 0 Å². The van der Waals surface area contributed by atoms with Crippen molar-refractivity contribution in [3.8, 4) is 0 Å². The van der Waals surface area contributed by atoms with Gasteiger partial charge in [-0.2, -0.15) is 0 Å². The van der Waals surface area contributed by atoms with Gasteiger partial charge in [-0.1, -0.05) is 30.8 Å². The van der Waals surface area contributed by atoms with Crippen molar-refractivity contribution in [2.45, 2.75) is 0 Å². The highest BCUT2D eigenvalue weighted by molar-refractivity contribution is 5.79. The topological polar surface area (TPSA) is 12.9 Å². The first-order valence-corrected chi connectivity index (χ1v) is 3.81. The molecule has 0 amide bonds. The number of hydrogen-bond acceptors (Lipinski definition) is 1. The number of nitrogens with zero attached hydrogens (tertiary/aromatic N) is 1. The summed E-state index contributed by atoms with van der Waals surface area (Å²) in [4.78, 5) is 4.31. The normalized spacial score (nSPS) is 10.0. The third-order valence-corrected chi connectivity index (χ3v) is 1.79. The number of para-hydroxylation sites is 1. The summed E-state index contributed by atoms with van der Waals surface area (Å²) in [6, 6.07) is 11.9. The van der Waals surface area contributed by atoms with Gasteiger partial charge in [0.1, 0.15) is 0 Å². The molecular formula is C11H8N. The number of benzene rings is 1. The third-order valence-electron chi connectivity index (χ3n) is 1.79. The van der Waals surface area contributed by atoms with Gasteiger partial charge in [0.25, 0.3) is 0 Å². The maximum absolute atomic E-state index is 5.35. The van der Waals surface area contributed by atoms with Crippen molar-refractivity contribution in [3.63, 3.8) is 0 Å². The average Bonchev–Trinajstić information content (AvgIpc) is 2.17. The number of fused-ring (bicyclic) bond motifs is 1. The summed E-state index contributed by atoms with van der Waals surface area (Å²) in [6.07, 6.45) is 1.51. The first-order valence-electron chi connectivity index (χ1n) is 3.81. The van der Waals surface area contributed by atoms with Gasteiger partial charge in [-0.3, -0.25) is 0 Å². The Morgan fingerprint density at radius 3 is 2.75 bits per heavy atom. The minimum atomic E-state index is 0.814. The van der Waals surface area contributed by atoms with Crippen LogP contribution >= 0.6 is 0 Å². The molecule has 1 heterocycles. The van der Waals surface area contributed by atoms with Crippen LogP contribution in [0.3, 0.4) is 0 Å². The van der Waals surface area contributed by atoms with E-state index in [9.17, 15) is 0 Å². The molecule has 12 heavy (non-hydrogen) atoms. The van der Waals surface area contributed by atoms with E-state index in [4.69, 9.17) is 6.58 Å². The van der Waals surface area contributed by atoms with Gasteiger partial charge < -0.3 is 0 Å². The van der Waals surface area contributed by atoms with E-state index in [0.717, 1.165) is 16.6 Å². The van der Waals surface area contributed by atoms with Crippen LogP contribution in [0.15, 0.2) is 36.4 Å². The molecule has 57 valence electrons. The highest BCUT2D eigenvalue weighted by Crippen LogP contribution is 2.11. The summed E-state index contributed by atoms with van der Waals surface area (Å²) >= 11 is 0. The van der Waals surface area contributed by atoms with E-state index in [-0.39, 0.29) is 0 Å². The Kier molecular flexibility index (Phi) is 1.63. The lowest BCUT2D eigenvalue weighted by Crippen LogP contribution is -1.81. The Morgan fingerprint density at radius 2 is 1.92 bits per heavy atom. The molecule has 0 unspecified atom stereocenters. The van der Waals surface area contributed by atoms with Crippen molar-refractivity contribution in [2.24, 2.45) is 0 Å². The number of hydrogen-bond donors (Lipinski definition) is 0. The maximum Gasteiger partial charge on any atom is 0.0709 e. The molecule has 1 nitrogen and oxygen atoms in total. The van der Waals surface area contributed by atoms with Crippen LogP contribution in [0.1, 0.15) is 5.69 Å². The lowest BCUT2D eigenvalue weighted by atomic mass is 10.2. The van der Waals surface area contributed by atoms with Crippen molar-refractivity contribution in [3.05, 3.63) is 48.7 Å². The fourth-order valence-electron chi connectivity index (χ4n) is 1.17. The molecule has 0 aliphatic carbocycles. The molecule has 0 saturated carbocycles. The van der Waals surface area contributed by atoms with E-state index in [0.29, 0.717) is 0 Å². The molecule has 1 radical (unpaired) electrons. The predicted molar refractivity (Wildman–Crippen MR) is 50.5 cm³/mol. The monoisotopic (exact) mass is 154 g/mol. The van der Waals surface area contributed by atoms with Gasteiger partial charge in [-0.15, -0.1) is 0 Å². The summed E-state index contributed by atoms with van der Waals surface area (Å²) in [7, 11) is 0. The second-order valence-corrected chi connectivity index (χ2v) is 2.60. The molecular weight excluding hydrogens is 146 g/mol. The molecule has 0 aliphatic rings. The van der Waals surface area contributed by atoms with Crippen LogP contribution in [0.4, 0.5) is 0 Å². The van der Waals surface area contributed by atoms with Crippen LogP contribution in [-0.4, -0.2) is 4.98 Å². The van der Waals surface area contributed by atoms with E-state index < -0.39 is 0 Å². The molecule has 0 N–H and O–H groups in total. The standard InChI is InChI=1S/C11H8N/c1-2-10-8-7-9-5-3-4-6-11(9)12-10/h1-8H. The molecule has 1 aromatic carbocycles. The minimum Gasteiger partial charge on any atom is -0.248 e. The zero-order valence-electron chi connectivity index (χ0n) is 6.57. The summed E-state index contributed by atoms with van der Waals surface area (Å²) < 4.78 is 0. The van der Waals surface area contributed by atoms with Crippen LogP contribution in [0, 0.1) is 6.58 Å². The fraction of sp³-hybridized carbons (Fsp3) is 0. The molecule has 0 aliphatic heterocycles. The SMILES string of the molecule is [CH]=Cc1ccc2ccccc2n1. The van der Waals surface area contributed by atoms with E-state index in [1.807, 2.05) is 36.4 Å². The van der Waals surface area contributed by atoms with Crippen LogP contribution in [0.5, 0.6) is 0 Å². The van der Waals surface area contributed by atoms with Gasteiger partial charge in [0.2, 0.25) is 0 Å². The van der Waals surface area contributed by atoms with Crippen LogP contribution in [0.25, 0.3) is 17.0 Å². The van der Waals surface area contributed by atoms with E-state index >= 15 is 0 Å². The molecule has 0 fully saturated rings. The predicted octanol–water partition coefficient (Wildman–Crippen LogP) is 2.68. The lowest BCUT2D eigenvalue weighted by Gasteiger charge is -1.96. The lowest BCUT2D eigenvalue weighted by molar-refractivity contribution is 1.37. The van der Waals surface area contributed by atoms with Gasteiger partial charge in [0.15, 0.2) is 0 Å². The van der Waals surface area contributed by atoms with Crippen LogP contribution in [-0.2, 0) is 0 Å². The Hall–Kier alpha value is -1.63. The highest BCUT2D eigenvalue weighted by Gasteiger charge is 1.92. The number of aromatic nitrogens is 1. The molecule has 2 aromatic rings. The third kappa shape index (κ3) is 1.10. The molecule has 0 atom stereocenters. The van der Waals surface area contributed by atoms with Gasteiger partial charge >= 0.3 is 0 Å². The van der Waals surface area contributed by atoms with Gasteiger partial charge in [-0.05, 0) is 18.2 Å². The molecule has 0 bridgehead atoms. The van der Waals surface area contributed by atoms with E-state index in [1.54, 1.807) is 0 Å². The molecule has 1 aromatic heterocycles. The summed E-state index contributed by atoms with van der Waals surface area (Å²) in [5.41, 5.74) is 1.80. The maximum atomic E-state index is 5.35. The van der Waals surface area contributed by atoms with Crippen molar-refractivity contribution >= 4 is 17.0 Å². The quantitative estimate of drug-likeness (QED) is 0.615. The highest BCUT2D eigenvalue weighted by atomic mass is 14.7. The van der Waals surface area contributed by atoms with E-state index in [1.165, 1.54) is 6.08 Å². The second-order valence-electron chi connectivity index (χ2n) is 2.60. The molecule has 1 heteroatoms. The molecule has 2 rings (SSSR count). The van der Waals surface area contributed by atoms with Crippen LogP contribution in [0.2, 0.25) is 0 Å². The zero-order chi connectivity index (χ0) is 8.39. The Balaban J connectivity index is 2.75. The molecule has 0 saturated heterocycles. The van der Waals surface area contributed by atoms with Crippen molar-refractivity contribution in [1.29, 1.82) is 0 Å². The minimum absolute atomic E-state index is 0.814. The number of rotatable bonds is 1. The fourth-order valence-corrected chi connectivity index (χ4v) is 1.17. The van der Waals surface area contributed by atoms with Gasteiger partial charge in [0.05, 0.1) is 11.2 Å². The van der Waals surface area contributed by atoms with Crippen molar-refractivity contribution < 1.29 is 0 Å².